The van der Waals surface area contributed by atoms with Crippen molar-refractivity contribution in [1.29, 1.82) is 0 Å². The van der Waals surface area contributed by atoms with Crippen molar-refractivity contribution in [2.75, 3.05) is 32.6 Å². The van der Waals surface area contributed by atoms with Crippen molar-refractivity contribution in [1.82, 2.24) is 10.3 Å². The van der Waals surface area contributed by atoms with Gasteiger partial charge in [0.05, 0.1) is 6.61 Å². The number of nitrogens with zero attached hydrogens (tertiary/aromatic N) is 1. The number of hydrogen-bond acceptors (Lipinski definition) is 4. The van der Waals surface area contributed by atoms with Gasteiger partial charge < -0.3 is 15.4 Å². The molecule has 0 aromatic carbocycles. The number of amides is 1. The molecule has 112 valence electrons. The molecule has 1 unspecified atom stereocenters. The van der Waals surface area contributed by atoms with Crippen molar-refractivity contribution >= 4 is 11.7 Å². The van der Waals surface area contributed by atoms with E-state index in [-0.39, 0.29) is 5.91 Å². The topological polar surface area (TPSA) is 63.2 Å². The second kappa shape index (κ2) is 8.53. The highest BCUT2D eigenvalue weighted by molar-refractivity contribution is 5.95. The molecule has 1 heterocycles. The monoisotopic (exact) mass is 279 g/mol. The third-order valence-electron chi connectivity index (χ3n) is 2.97. The Labute approximate surface area is 121 Å². The Bertz CT molecular complexity index is 435. The highest BCUT2D eigenvalue weighted by atomic mass is 16.5. The van der Waals surface area contributed by atoms with E-state index >= 15 is 0 Å². The van der Waals surface area contributed by atoms with Gasteiger partial charge in [0.25, 0.3) is 5.91 Å². The van der Waals surface area contributed by atoms with Crippen LogP contribution in [-0.4, -0.2) is 38.2 Å². The second-order valence-corrected chi connectivity index (χ2v) is 5.00. The lowest BCUT2D eigenvalue weighted by Crippen LogP contribution is -2.30. The van der Waals surface area contributed by atoms with Crippen LogP contribution in [0.4, 0.5) is 5.82 Å². The molecule has 2 N–H and O–H groups in total. The SMILES string of the molecule is CCCc1cc(C(=O)NCC(C)COC)cc(NC)n1. The first-order valence-electron chi connectivity index (χ1n) is 7.06. The summed E-state index contributed by atoms with van der Waals surface area (Å²) in [6.45, 7) is 5.38. The lowest BCUT2D eigenvalue weighted by molar-refractivity contribution is 0.0934. The summed E-state index contributed by atoms with van der Waals surface area (Å²) in [5.41, 5.74) is 1.59. The van der Waals surface area contributed by atoms with Gasteiger partial charge in [0.2, 0.25) is 0 Å². The predicted molar refractivity (Wildman–Crippen MR) is 81.2 cm³/mol. The third-order valence-corrected chi connectivity index (χ3v) is 2.97. The van der Waals surface area contributed by atoms with Crippen LogP contribution in [0.25, 0.3) is 0 Å². The molecule has 1 atom stereocenters. The molecule has 1 aromatic heterocycles. The van der Waals surface area contributed by atoms with Crippen LogP contribution >= 0.6 is 0 Å². The van der Waals surface area contributed by atoms with Gasteiger partial charge >= 0.3 is 0 Å². The summed E-state index contributed by atoms with van der Waals surface area (Å²) in [7, 11) is 3.47. The van der Waals surface area contributed by atoms with Crippen LogP contribution in [0.3, 0.4) is 0 Å². The average Bonchev–Trinajstić information content (AvgIpc) is 2.45. The van der Waals surface area contributed by atoms with Crippen LogP contribution in [0.15, 0.2) is 12.1 Å². The zero-order valence-corrected chi connectivity index (χ0v) is 12.8. The van der Waals surface area contributed by atoms with Crippen LogP contribution in [0.2, 0.25) is 0 Å². The fraction of sp³-hybridized carbons (Fsp3) is 0.600. The molecular weight excluding hydrogens is 254 g/mol. The Hall–Kier alpha value is -1.62. The highest BCUT2D eigenvalue weighted by Crippen LogP contribution is 2.12. The molecule has 0 fully saturated rings. The second-order valence-electron chi connectivity index (χ2n) is 5.00. The zero-order valence-electron chi connectivity index (χ0n) is 12.8. The number of pyridine rings is 1. The Morgan fingerprint density at radius 2 is 2.20 bits per heavy atom. The van der Waals surface area contributed by atoms with Gasteiger partial charge in [-0.2, -0.15) is 0 Å². The van der Waals surface area contributed by atoms with E-state index in [1.807, 2.05) is 13.0 Å². The van der Waals surface area contributed by atoms with Gasteiger partial charge in [-0.25, -0.2) is 4.98 Å². The van der Waals surface area contributed by atoms with Crippen LogP contribution < -0.4 is 10.6 Å². The van der Waals surface area contributed by atoms with Crippen LogP contribution in [0.1, 0.15) is 36.3 Å². The number of aryl methyl sites for hydroxylation is 1. The van der Waals surface area contributed by atoms with Crippen molar-refractivity contribution in [2.45, 2.75) is 26.7 Å². The van der Waals surface area contributed by atoms with E-state index in [4.69, 9.17) is 4.74 Å². The van der Waals surface area contributed by atoms with Crippen molar-refractivity contribution in [3.8, 4) is 0 Å². The molecule has 1 aromatic rings. The predicted octanol–water partition coefficient (Wildman–Crippen LogP) is 2.09. The summed E-state index contributed by atoms with van der Waals surface area (Å²) in [6.07, 6.45) is 1.88. The van der Waals surface area contributed by atoms with Gasteiger partial charge in [0, 0.05) is 32.0 Å². The number of carbonyl (C=O) groups excluding carboxylic acids is 1. The fourth-order valence-electron chi connectivity index (χ4n) is 1.94. The van der Waals surface area contributed by atoms with E-state index in [1.54, 1.807) is 20.2 Å². The molecule has 0 saturated carbocycles. The molecular formula is C15H25N3O2. The Morgan fingerprint density at radius 3 is 2.80 bits per heavy atom. The number of aromatic nitrogens is 1. The first kappa shape index (κ1) is 16.4. The van der Waals surface area contributed by atoms with Gasteiger partial charge in [-0.15, -0.1) is 0 Å². The van der Waals surface area contributed by atoms with Gasteiger partial charge in [-0.3, -0.25) is 4.79 Å². The molecule has 0 aliphatic rings. The summed E-state index contributed by atoms with van der Waals surface area (Å²) in [4.78, 5) is 16.6. The number of rotatable bonds is 8. The number of carbonyl (C=O) groups is 1. The van der Waals surface area contributed by atoms with E-state index in [1.165, 1.54) is 0 Å². The summed E-state index contributed by atoms with van der Waals surface area (Å²) >= 11 is 0. The van der Waals surface area contributed by atoms with Gasteiger partial charge in [0.15, 0.2) is 0 Å². The number of nitrogens with one attached hydrogen (secondary N) is 2. The van der Waals surface area contributed by atoms with E-state index < -0.39 is 0 Å². The lowest BCUT2D eigenvalue weighted by Gasteiger charge is -2.12. The Morgan fingerprint density at radius 1 is 1.45 bits per heavy atom. The van der Waals surface area contributed by atoms with Crippen LogP contribution in [-0.2, 0) is 11.2 Å². The summed E-state index contributed by atoms with van der Waals surface area (Å²) in [5.74, 6) is 0.958. The summed E-state index contributed by atoms with van der Waals surface area (Å²) < 4.78 is 5.06. The normalized spacial score (nSPS) is 12.0. The summed E-state index contributed by atoms with van der Waals surface area (Å²) in [5, 5.41) is 5.92. The molecule has 1 rings (SSSR count). The number of hydrogen-bond donors (Lipinski definition) is 2. The van der Waals surface area contributed by atoms with Crippen molar-refractivity contribution in [2.24, 2.45) is 5.92 Å². The number of anilines is 1. The maximum atomic E-state index is 12.2. The Kier molecular flexibility index (Phi) is 7.01. The molecule has 5 heteroatoms. The third kappa shape index (κ3) is 5.17. The lowest BCUT2D eigenvalue weighted by atomic mass is 10.1. The molecule has 0 radical (unpaired) electrons. The fourth-order valence-corrected chi connectivity index (χ4v) is 1.94. The maximum Gasteiger partial charge on any atom is 0.251 e. The van der Waals surface area contributed by atoms with Crippen molar-refractivity contribution in [3.05, 3.63) is 23.4 Å². The minimum absolute atomic E-state index is 0.0655. The van der Waals surface area contributed by atoms with Crippen molar-refractivity contribution < 1.29 is 9.53 Å². The summed E-state index contributed by atoms with van der Waals surface area (Å²) in [6, 6.07) is 3.64. The minimum Gasteiger partial charge on any atom is -0.384 e. The molecule has 5 nitrogen and oxygen atoms in total. The largest absolute Gasteiger partial charge is 0.384 e. The molecule has 1 amide bonds. The molecule has 20 heavy (non-hydrogen) atoms. The minimum atomic E-state index is -0.0655. The van der Waals surface area contributed by atoms with E-state index in [0.29, 0.717) is 24.6 Å². The van der Waals surface area contributed by atoms with E-state index in [0.717, 1.165) is 24.4 Å². The molecule has 0 spiro atoms. The maximum absolute atomic E-state index is 12.2. The van der Waals surface area contributed by atoms with Gasteiger partial charge in [-0.05, 0) is 24.5 Å². The number of methoxy groups -OCH3 is 1. The highest BCUT2D eigenvalue weighted by Gasteiger charge is 2.10. The van der Waals surface area contributed by atoms with Gasteiger partial charge in [-0.1, -0.05) is 20.3 Å². The molecule has 0 saturated heterocycles. The van der Waals surface area contributed by atoms with Crippen LogP contribution in [0, 0.1) is 5.92 Å². The smallest absolute Gasteiger partial charge is 0.251 e. The van der Waals surface area contributed by atoms with Crippen LogP contribution in [0.5, 0.6) is 0 Å². The van der Waals surface area contributed by atoms with Crippen molar-refractivity contribution in [3.63, 3.8) is 0 Å². The van der Waals surface area contributed by atoms with Gasteiger partial charge in [0.1, 0.15) is 5.82 Å². The van der Waals surface area contributed by atoms with E-state index in [9.17, 15) is 4.79 Å². The standard InChI is InChI=1S/C15H25N3O2/c1-5-6-13-7-12(8-14(16-3)18-13)15(19)17-9-11(2)10-20-4/h7-8,11H,5-6,9-10H2,1-4H3,(H,16,18)(H,17,19). The molecule has 0 aliphatic carbocycles. The first-order chi connectivity index (χ1) is 9.60. The van der Waals surface area contributed by atoms with E-state index in [2.05, 4.69) is 22.5 Å². The quantitative estimate of drug-likeness (QED) is 0.765. The zero-order chi connectivity index (χ0) is 15.0. The molecule has 0 aliphatic heterocycles. The average molecular weight is 279 g/mol. The number of ether oxygens (including phenoxy) is 1. The Balaban J connectivity index is 2.73. The first-order valence-corrected chi connectivity index (χ1v) is 7.06. The molecule has 0 bridgehead atoms.